The minimum absolute atomic E-state index is 0.165. The highest BCUT2D eigenvalue weighted by molar-refractivity contribution is 7.86. The van der Waals surface area contributed by atoms with Crippen LogP contribution in [0, 0.1) is 0 Å². The molecule has 1 N–H and O–H groups in total. The van der Waals surface area contributed by atoms with Crippen molar-refractivity contribution >= 4 is 10.2 Å². The van der Waals surface area contributed by atoms with Crippen molar-refractivity contribution in [3.63, 3.8) is 0 Å². The van der Waals surface area contributed by atoms with Crippen LogP contribution < -0.4 is 5.32 Å². The molecule has 2 atom stereocenters. The molecule has 0 radical (unpaired) electrons. The Labute approximate surface area is 123 Å². The van der Waals surface area contributed by atoms with Crippen molar-refractivity contribution in [1.29, 1.82) is 0 Å². The van der Waals surface area contributed by atoms with E-state index in [0.717, 1.165) is 38.6 Å². The van der Waals surface area contributed by atoms with E-state index in [1.807, 2.05) is 13.8 Å². The summed E-state index contributed by atoms with van der Waals surface area (Å²) in [5.41, 5.74) is 0. The Morgan fingerprint density at radius 1 is 1.15 bits per heavy atom. The summed E-state index contributed by atoms with van der Waals surface area (Å²) in [6.07, 6.45) is 6.02. The lowest BCUT2D eigenvalue weighted by atomic mass is 10.1. The zero-order valence-corrected chi connectivity index (χ0v) is 13.7. The van der Waals surface area contributed by atoms with E-state index in [9.17, 15) is 8.42 Å². The topological polar surface area (TPSA) is 52.7 Å². The number of rotatable bonds is 7. The molecular formula is C14H29N3O2S. The molecular weight excluding hydrogens is 274 g/mol. The van der Waals surface area contributed by atoms with Gasteiger partial charge in [-0.25, -0.2) is 0 Å². The van der Waals surface area contributed by atoms with Crippen LogP contribution in [0.4, 0.5) is 0 Å². The van der Waals surface area contributed by atoms with Gasteiger partial charge in [0.05, 0.1) is 0 Å². The van der Waals surface area contributed by atoms with E-state index in [-0.39, 0.29) is 6.04 Å². The van der Waals surface area contributed by atoms with Crippen LogP contribution in [0.5, 0.6) is 0 Å². The van der Waals surface area contributed by atoms with Gasteiger partial charge in [-0.05, 0) is 45.1 Å². The first-order chi connectivity index (χ1) is 9.61. The van der Waals surface area contributed by atoms with E-state index in [4.69, 9.17) is 0 Å². The van der Waals surface area contributed by atoms with Crippen LogP contribution in [0.15, 0.2) is 0 Å². The van der Waals surface area contributed by atoms with Crippen molar-refractivity contribution in [3.8, 4) is 0 Å². The molecule has 0 bridgehead atoms. The minimum atomic E-state index is -3.29. The number of nitrogens with one attached hydrogen (secondary N) is 1. The van der Waals surface area contributed by atoms with Gasteiger partial charge in [-0.3, -0.25) is 0 Å². The smallest absolute Gasteiger partial charge is 0.282 e. The molecule has 20 heavy (non-hydrogen) atoms. The molecule has 0 aromatic heterocycles. The zero-order chi connectivity index (χ0) is 14.6. The molecule has 6 heteroatoms. The maximum atomic E-state index is 12.9. The minimum Gasteiger partial charge on any atom is -0.312 e. The van der Waals surface area contributed by atoms with Crippen molar-refractivity contribution in [2.75, 3.05) is 26.2 Å². The average molecular weight is 303 g/mol. The summed E-state index contributed by atoms with van der Waals surface area (Å²) >= 11 is 0. The second-order valence-corrected chi connectivity index (χ2v) is 7.81. The van der Waals surface area contributed by atoms with E-state index < -0.39 is 10.2 Å². The van der Waals surface area contributed by atoms with Crippen LogP contribution in [0.2, 0.25) is 0 Å². The molecule has 2 aliphatic heterocycles. The Morgan fingerprint density at radius 2 is 1.85 bits per heavy atom. The van der Waals surface area contributed by atoms with Gasteiger partial charge in [-0.15, -0.1) is 0 Å². The Bertz CT molecular complexity index is 387. The fraction of sp³-hybridized carbons (Fsp3) is 1.00. The van der Waals surface area contributed by atoms with Gasteiger partial charge in [0.2, 0.25) is 0 Å². The van der Waals surface area contributed by atoms with Gasteiger partial charge in [0, 0.05) is 31.7 Å². The van der Waals surface area contributed by atoms with Crippen LogP contribution in [0.1, 0.15) is 52.4 Å². The summed E-state index contributed by atoms with van der Waals surface area (Å²) < 4.78 is 29.3. The van der Waals surface area contributed by atoms with E-state index in [2.05, 4.69) is 5.32 Å². The lowest BCUT2D eigenvalue weighted by Crippen LogP contribution is -2.51. The van der Waals surface area contributed by atoms with Crippen molar-refractivity contribution in [2.45, 2.75) is 64.5 Å². The first-order valence-corrected chi connectivity index (χ1v) is 9.51. The molecule has 0 amide bonds. The van der Waals surface area contributed by atoms with Crippen molar-refractivity contribution < 1.29 is 8.42 Å². The summed E-state index contributed by atoms with van der Waals surface area (Å²) in [7, 11) is -3.29. The lowest BCUT2D eigenvalue weighted by molar-refractivity contribution is 0.287. The normalized spacial score (nSPS) is 28.6. The molecule has 2 rings (SSSR count). The highest BCUT2D eigenvalue weighted by Gasteiger charge is 2.41. The Kier molecular flexibility index (Phi) is 5.84. The summed E-state index contributed by atoms with van der Waals surface area (Å²) in [6.45, 7) is 7.07. The maximum absolute atomic E-state index is 12.9. The first-order valence-electron chi connectivity index (χ1n) is 8.11. The van der Waals surface area contributed by atoms with Crippen molar-refractivity contribution in [3.05, 3.63) is 0 Å². The average Bonchev–Trinajstić information content (AvgIpc) is 3.08. The van der Waals surface area contributed by atoms with Crippen LogP contribution in [0.25, 0.3) is 0 Å². The molecule has 5 nitrogen and oxygen atoms in total. The predicted octanol–water partition coefficient (Wildman–Crippen LogP) is 1.57. The SMILES string of the molecule is CCCN(CCC)S(=O)(=O)N1CCCC1C1CCCN1. The molecule has 2 heterocycles. The highest BCUT2D eigenvalue weighted by atomic mass is 32.2. The molecule has 0 aromatic rings. The molecule has 2 saturated heterocycles. The molecule has 0 aliphatic carbocycles. The van der Waals surface area contributed by atoms with E-state index in [0.29, 0.717) is 25.7 Å². The van der Waals surface area contributed by atoms with Crippen LogP contribution in [0.3, 0.4) is 0 Å². The summed E-state index contributed by atoms with van der Waals surface area (Å²) in [6, 6.07) is 0.524. The molecule has 2 fully saturated rings. The number of hydrogen-bond donors (Lipinski definition) is 1. The van der Waals surface area contributed by atoms with Gasteiger partial charge in [0.15, 0.2) is 0 Å². The van der Waals surface area contributed by atoms with Crippen molar-refractivity contribution in [1.82, 2.24) is 13.9 Å². The van der Waals surface area contributed by atoms with E-state index in [1.54, 1.807) is 8.61 Å². The van der Waals surface area contributed by atoms with Crippen molar-refractivity contribution in [2.24, 2.45) is 0 Å². The summed E-state index contributed by atoms with van der Waals surface area (Å²) in [4.78, 5) is 0. The molecule has 0 saturated carbocycles. The Morgan fingerprint density at radius 3 is 2.40 bits per heavy atom. The third kappa shape index (κ3) is 3.35. The molecule has 118 valence electrons. The van der Waals surface area contributed by atoms with Crippen LogP contribution in [-0.4, -0.2) is 55.3 Å². The molecule has 0 spiro atoms. The summed E-state index contributed by atoms with van der Waals surface area (Å²) in [5.74, 6) is 0. The second-order valence-electron chi connectivity index (χ2n) is 5.93. The largest absolute Gasteiger partial charge is 0.312 e. The Balaban J connectivity index is 2.13. The van der Waals surface area contributed by atoms with Gasteiger partial charge in [-0.1, -0.05) is 13.8 Å². The van der Waals surface area contributed by atoms with Gasteiger partial charge in [0.25, 0.3) is 10.2 Å². The fourth-order valence-electron chi connectivity index (χ4n) is 3.48. The standard InChI is InChI=1S/C14H29N3O2S/c1-3-10-16(11-4-2)20(18,19)17-12-6-8-14(17)13-7-5-9-15-13/h13-15H,3-12H2,1-2H3. The number of nitrogens with zero attached hydrogens (tertiary/aromatic N) is 2. The predicted molar refractivity (Wildman–Crippen MR) is 81.8 cm³/mol. The molecule has 2 unspecified atom stereocenters. The first kappa shape index (κ1) is 16.2. The second kappa shape index (κ2) is 7.20. The van der Waals surface area contributed by atoms with Crippen LogP contribution >= 0.6 is 0 Å². The quantitative estimate of drug-likeness (QED) is 0.777. The van der Waals surface area contributed by atoms with Gasteiger partial charge >= 0.3 is 0 Å². The summed E-state index contributed by atoms with van der Waals surface area (Å²) in [5, 5.41) is 3.48. The maximum Gasteiger partial charge on any atom is 0.282 e. The monoisotopic (exact) mass is 303 g/mol. The molecule has 0 aromatic carbocycles. The third-order valence-corrected chi connectivity index (χ3v) is 6.44. The van der Waals surface area contributed by atoms with Crippen LogP contribution in [-0.2, 0) is 10.2 Å². The number of hydrogen-bond acceptors (Lipinski definition) is 3. The van der Waals surface area contributed by atoms with E-state index >= 15 is 0 Å². The zero-order valence-electron chi connectivity index (χ0n) is 12.8. The highest BCUT2D eigenvalue weighted by Crippen LogP contribution is 2.28. The lowest BCUT2D eigenvalue weighted by Gasteiger charge is -2.33. The van der Waals surface area contributed by atoms with Gasteiger partial charge in [-0.2, -0.15) is 17.0 Å². The Hall–Kier alpha value is -0.170. The van der Waals surface area contributed by atoms with E-state index in [1.165, 1.54) is 6.42 Å². The fourth-order valence-corrected chi connectivity index (χ4v) is 5.56. The van der Waals surface area contributed by atoms with Gasteiger partial charge in [0.1, 0.15) is 0 Å². The molecule has 2 aliphatic rings. The van der Waals surface area contributed by atoms with Gasteiger partial charge < -0.3 is 5.32 Å². The third-order valence-electron chi connectivity index (χ3n) is 4.38.